The third-order valence-corrected chi connectivity index (χ3v) is 2.80. The second-order valence-electron chi connectivity index (χ2n) is 4.15. The number of ether oxygens (including phenoxy) is 1. The van der Waals surface area contributed by atoms with Gasteiger partial charge in [-0.25, -0.2) is 4.39 Å². The van der Waals surface area contributed by atoms with E-state index < -0.39 is 0 Å². The Kier molecular flexibility index (Phi) is 3.51. The van der Waals surface area contributed by atoms with E-state index in [0.717, 1.165) is 22.4 Å². The summed E-state index contributed by atoms with van der Waals surface area (Å²) in [6.07, 6.45) is 0. The summed E-state index contributed by atoms with van der Waals surface area (Å²) < 4.78 is 18.8. The fourth-order valence-corrected chi connectivity index (χ4v) is 1.92. The van der Waals surface area contributed by atoms with Crippen molar-refractivity contribution in [3.8, 4) is 16.9 Å². The molecule has 2 nitrogen and oxygen atoms in total. The van der Waals surface area contributed by atoms with Gasteiger partial charge in [-0.3, -0.25) is 0 Å². The summed E-state index contributed by atoms with van der Waals surface area (Å²) in [5, 5.41) is 0. The molecule has 0 aliphatic carbocycles. The molecular weight excluding hydrogens is 229 g/mol. The van der Waals surface area contributed by atoms with Crippen molar-refractivity contribution in [3.63, 3.8) is 0 Å². The SMILES string of the molecule is CCOc1cccc(-c2cc(N)c(F)cc2C)c1. The minimum Gasteiger partial charge on any atom is -0.494 e. The van der Waals surface area contributed by atoms with Gasteiger partial charge in [0.15, 0.2) is 0 Å². The highest BCUT2D eigenvalue weighted by Crippen LogP contribution is 2.29. The first-order chi connectivity index (χ1) is 8.61. The third-order valence-electron chi connectivity index (χ3n) is 2.80. The van der Waals surface area contributed by atoms with E-state index in [0.29, 0.717) is 6.61 Å². The van der Waals surface area contributed by atoms with Gasteiger partial charge >= 0.3 is 0 Å². The molecule has 3 heteroatoms. The highest BCUT2D eigenvalue weighted by Gasteiger charge is 2.07. The molecule has 0 aliphatic rings. The van der Waals surface area contributed by atoms with Crippen LogP contribution in [0.15, 0.2) is 36.4 Å². The largest absolute Gasteiger partial charge is 0.494 e. The van der Waals surface area contributed by atoms with Gasteiger partial charge in [-0.1, -0.05) is 12.1 Å². The molecule has 0 amide bonds. The van der Waals surface area contributed by atoms with E-state index in [4.69, 9.17) is 10.5 Å². The second-order valence-corrected chi connectivity index (χ2v) is 4.15. The van der Waals surface area contributed by atoms with Crippen LogP contribution in [0.1, 0.15) is 12.5 Å². The molecule has 0 aromatic heterocycles. The van der Waals surface area contributed by atoms with Crippen LogP contribution in [-0.4, -0.2) is 6.61 Å². The summed E-state index contributed by atoms with van der Waals surface area (Å²) in [7, 11) is 0. The fraction of sp³-hybridized carbons (Fsp3) is 0.200. The predicted octanol–water partition coefficient (Wildman–Crippen LogP) is 3.78. The van der Waals surface area contributed by atoms with Gasteiger partial charge in [0.1, 0.15) is 11.6 Å². The number of halogens is 1. The van der Waals surface area contributed by atoms with Crippen LogP contribution >= 0.6 is 0 Å². The van der Waals surface area contributed by atoms with Crippen molar-refractivity contribution < 1.29 is 9.13 Å². The van der Waals surface area contributed by atoms with Crippen LogP contribution < -0.4 is 10.5 Å². The van der Waals surface area contributed by atoms with Gasteiger partial charge in [0.2, 0.25) is 0 Å². The molecular formula is C15H16FNO. The van der Waals surface area contributed by atoms with Crippen LogP contribution in [0.5, 0.6) is 5.75 Å². The molecule has 0 atom stereocenters. The van der Waals surface area contributed by atoms with Crippen LogP contribution in [-0.2, 0) is 0 Å². The van der Waals surface area contributed by atoms with E-state index in [1.807, 2.05) is 38.1 Å². The van der Waals surface area contributed by atoms with Crippen molar-refractivity contribution in [3.05, 3.63) is 47.8 Å². The molecule has 18 heavy (non-hydrogen) atoms. The summed E-state index contributed by atoms with van der Waals surface area (Å²) in [4.78, 5) is 0. The van der Waals surface area contributed by atoms with Crippen LogP contribution in [0.2, 0.25) is 0 Å². The number of nitrogen functional groups attached to an aromatic ring is 1. The average molecular weight is 245 g/mol. The molecule has 0 fully saturated rings. The maximum atomic E-state index is 13.3. The smallest absolute Gasteiger partial charge is 0.146 e. The molecule has 2 N–H and O–H groups in total. The normalized spacial score (nSPS) is 10.4. The van der Waals surface area contributed by atoms with Crippen LogP contribution in [0.4, 0.5) is 10.1 Å². The van der Waals surface area contributed by atoms with E-state index in [2.05, 4.69) is 0 Å². The van der Waals surface area contributed by atoms with E-state index in [9.17, 15) is 4.39 Å². The topological polar surface area (TPSA) is 35.2 Å². The molecule has 0 saturated carbocycles. The molecule has 0 saturated heterocycles. The molecule has 0 aliphatic heterocycles. The Morgan fingerprint density at radius 2 is 2.00 bits per heavy atom. The number of hydrogen-bond acceptors (Lipinski definition) is 2. The Morgan fingerprint density at radius 3 is 2.72 bits per heavy atom. The summed E-state index contributed by atoms with van der Waals surface area (Å²) in [5.74, 6) is 0.425. The molecule has 0 spiro atoms. The Hall–Kier alpha value is -2.03. The lowest BCUT2D eigenvalue weighted by atomic mass is 9.99. The van der Waals surface area contributed by atoms with Crippen LogP contribution in [0.3, 0.4) is 0 Å². The zero-order valence-electron chi connectivity index (χ0n) is 10.5. The summed E-state index contributed by atoms with van der Waals surface area (Å²) in [5.41, 5.74) is 8.54. The van der Waals surface area contributed by atoms with Crippen molar-refractivity contribution in [2.75, 3.05) is 12.3 Å². The highest BCUT2D eigenvalue weighted by molar-refractivity contribution is 5.72. The van der Waals surface area contributed by atoms with Crippen molar-refractivity contribution in [2.45, 2.75) is 13.8 Å². The van der Waals surface area contributed by atoms with Crippen molar-refractivity contribution >= 4 is 5.69 Å². The monoisotopic (exact) mass is 245 g/mol. The Morgan fingerprint density at radius 1 is 1.22 bits per heavy atom. The first-order valence-corrected chi connectivity index (χ1v) is 5.90. The first-order valence-electron chi connectivity index (χ1n) is 5.90. The number of anilines is 1. The standard InChI is InChI=1S/C15H16FNO/c1-3-18-12-6-4-5-11(8-12)13-9-15(17)14(16)7-10(13)2/h4-9H,3,17H2,1-2H3. The Labute approximate surface area is 106 Å². The molecule has 0 radical (unpaired) electrons. The number of rotatable bonds is 3. The van der Waals surface area contributed by atoms with E-state index in [1.165, 1.54) is 6.07 Å². The van der Waals surface area contributed by atoms with Crippen LogP contribution in [0, 0.1) is 12.7 Å². The first kappa shape index (κ1) is 12.4. The maximum absolute atomic E-state index is 13.3. The second kappa shape index (κ2) is 5.08. The number of nitrogens with two attached hydrogens (primary N) is 1. The van der Waals surface area contributed by atoms with Gasteiger partial charge < -0.3 is 10.5 Å². The lowest BCUT2D eigenvalue weighted by molar-refractivity contribution is 0.340. The highest BCUT2D eigenvalue weighted by atomic mass is 19.1. The minimum absolute atomic E-state index is 0.164. The number of aryl methyl sites for hydroxylation is 1. The van der Waals surface area contributed by atoms with Crippen molar-refractivity contribution in [1.82, 2.24) is 0 Å². The van der Waals surface area contributed by atoms with Gasteiger partial charge in [0.05, 0.1) is 12.3 Å². The number of benzene rings is 2. The zero-order chi connectivity index (χ0) is 13.1. The number of hydrogen-bond donors (Lipinski definition) is 1. The molecule has 2 aromatic carbocycles. The van der Waals surface area contributed by atoms with Gasteiger partial charge in [0.25, 0.3) is 0 Å². The van der Waals surface area contributed by atoms with Gasteiger partial charge in [-0.15, -0.1) is 0 Å². The maximum Gasteiger partial charge on any atom is 0.146 e. The lowest BCUT2D eigenvalue weighted by Crippen LogP contribution is -1.95. The quantitative estimate of drug-likeness (QED) is 0.835. The van der Waals surface area contributed by atoms with Gasteiger partial charge in [0, 0.05) is 0 Å². The fourth-order valence-electron chi connectivity index (χ4n) is 1.92. The van der Waals surface area contributed by atoms with Gasteiger partial charge in [-0.2, -0.15) is 0 Å². The van der Waals surface area contributed by atoms with Crippen LogP contribution in [0.25, 0.3) is 11.1 Å². The van der Waals surface area contributed by atoms with Crippen molar-refractivity contribution in [1.29, 1.82) is 0 Å². The van der Waals surface area contributed by atoms with E-state index in [1.54, 1.807) is 6.07 Å². The summed E-state index contributed by atoms with van der Waals surface area (Å²) >= 11 is 0. The van der Waals surface area contributed by atoms with Crippen molar-refractivity contribution in [2.24, 2.45) is 0 Å². The summed E-state index contributed by atoms with van der Waals surface area (Å²) in [6, 6.07) is 10.8. The summed E-state index contributed by atoms with van der Waals surface area (Å²) in [6.45, 7) is 4.42. The minimum atomic E-state index is -0.378. The Balaban J connectivity index is 2.48. The molecule has 94 valence electrons. The van der Waals surface area contributed by atoms with E-state index in [-0.39, 0.29) is 11.5 Å². The lowest BCUT2D eigenvalue weighted by Gasteiger charge is -2.10. The third kappa shape index (κ3) is 2.45. The Bertz CT molecular complexity index is 566. The van der Waals surface area contributed by atoms with E-state index >= 15 is 0 Å². The molecule has 0 unspecified atom stereocenters. The molecule has 0 bridgehead atoms. The molecule has 0 heterocycles. The predicted molar refractivity (Wildman–Crippen MR) is 72.2 cm³/mol. The zero-order valence-corrected chi connectivity index (χ0v) is 10.5. The molecule has 2 rings (SSSR count). The van der Waals surface area contributed by atoms with Gasteiger partial charge in [-0.05, 0) is 54.8 Å². The average Bonchev–Trinajstić information content (AvgIpc) is 2.34. The molecule has 2 aromatic rings.